The molecule has 96 valence electrons. The molecule has 0 atom stereocenters. The average molecular weight is 285 g/mol. The van der Waals surface area contributed by atoms with Gasteiger partial charge in [-0.25, -0.2) is 8.42 Å². The molecular formula is C12H12FNO2S2. The molecule has 0 fully saturated rings. The van der Waals surface area contributed by atoms with Gasteiger partial charge in [0.05, 0.1) is 5.69 Å². The number of nitrogens with one attached hydrogen (secondary N) is 1. The molecule has 18 heavy (non-hydrogen) atoms. The van der Waals surface area contributed by atoms with E-state index in [-0.39, 0.29) is 4.21 Å². The SMILES string of the molecule is Cc1cccc(C)c1NS(=O)(=O)c1ccc(F)s1. The van der Waals surface area contributed by atoms with Gasteiger partial charge in [0.2, 0.25) is 0 Å². The molecule has 0 unspecified atom stereocenters. The molecular weight excluding hydrogens is 273 g/mol. The number of thiophene rings is 1. The van der Waals surface area contributed by atoms with Crippen molar-refractivity contribution in [1.29, 1.82) is 0 Å². The second-order valence-electron chi connectivity index (χ2n) is 3.93. The first-order valence-corrected chi connectivity index (χ1v) is 7.54. The van der Waals surface area contributed by atoms with Crippen LogP contribution >= 0.6 is 11.3 Å². The molecule has 1 N–H and O–H groups in total. The summed E-state index contributed by atoms with van der Waals surface area (Å²) in [5.74, 6) is 0. The van der Waals surface area contributed by atoms with Crippen molar-refractivity contribution in [3.05, 3.63) is 46.6 Å². The van der Waals surface area contributed by atoms with E-state index < -0.39 is 15.2 Å². The fourth-order valence-corrected chi connectivity index (χ4v) is 3.81. The zero-order valence-electron chi connectivity index (χ0n) is 9.90. The molecule has 0 aliphatic heterocycles. The highest BCUT2D eigenvalue weighted by Gasteiger charge is 2.18. The summed E-state index contributed by atoms with van der Waals surface area (Å²) in [4.78, 5) is 0. The highest BCUT2D eigenvalue weighted by molar-refractivity contribution is 7.94. The Kier molecular flexibility index (Phi) is 3.41. The van der Waals surface area contributed by atoms with Crippen LogP contribution in [0, 0.1) is 19.0 Å². The number of hydrogen-bond donors (Lipinski definition) is 1. The van der Waals surface area contributed by atoms with Crippen LogP contribution in [0.2, 0.25) is 0 Å². The third-order valence-corrected chi connectivity index (χ3v) is 5.25. The number of para-hydroxylation sites is 1. The van der Waals surface area contributed by atoms with Crippen LogP contribution < -0.4 is 4.72 Å². The highest BCUT2D eigenvalue weighted by Crippen LogP contribution is 2.26. The molecule has 2 aromatic rings. The van der Waals surface area contributed by atoms with Crippen molar-refractivity contribution in [3.63, 3.8) is 0 Å². The van der Waals surface area contributed by atoms with Crippen molar-refractivity contribution in [2.75, 3.05) is 4.72 Å². The molecule has 0 radical (unpaired) electrons. The first-order chi connectivity index (χ1) is 8.40. The molecule has 0 saturated heterocycles. The summed E-state index contributed by atoms with van der Waals surface area (Å²) in [5, 5.41) is -0.517. The number of aryl methyl sites for hydroxylation is 2. The van der Waals surface area contributed by atoms with E-state index >= 15 is 0 Å². The summed E-state index contributed by atoms with van der Waals surface area (Å²) in [6.07, 6.45) is 0. The summed E-state index contributed by atoms with van der Waals surface area (Å²) in [5.41, 5.74) is 2.21. The zero-order chi connectivity index (χ0) is 13.3. The molecule has 1 aromatic heterocycles. The number of halogens is 1. The molecule has 6 heteroatoms. The minimum absolute atomic E-state index is 0.0253. The maximum Gasteiger partial charge on any atom is 0.271 e. The van der Waals surface area contributed by atoms with Gasteiger partial charge in [-0.15, -0.1) is 0 Å². The van der Waals surface area contributed by atoms with Gasteiger partial charge in [0.25, 0.3) is 10.0 Å². The van der Waals surface area contributed by atoms with Crippen LogP contribution in [0.5, 0.6) is 0 Å². The third kappa shape index (κ3) is 2.54. The maximum atomic E-state index is 12.9. The maximum absolute atomic E-state index is 12.9. The summed E-state index contributed by atoms with van der Waals surface area (Å²) >= 11 is 0.609. The van der Waals surface area contributed by atoms with E-state index in [0.29, 0.717) is 17.0 Å². The molecule has 3 nitrogen and oxygen atoms in total. The molecule has 2 rings (SSSR count). The van der Waals surface area contributed by atoms with Crippen LogP contribution in [0.15, 0.2) is 34.5 Å². The minimum Gasteiger partial charge on any atom is -0.278 e. The van der Waals surface area contributed by atoms with E-state index in [2.05, 4.69) is 4.72 Å². The number of hydrogen-bond acceptors (Lipinski definition) is 3. The van der Waals surface area contributed by atoms with Crippen LogP contribution in [0.4, 0.5) is 10.1 Å². The lowest BCUT2D eigenvalue weighted by Crippen LogP contribution is -2.13. The Bertz CT molecular complexity index is 657. The molecule has 1 heterocycles. The third-order valence-electron chi connectivity index (χ3n) is 2.53. The molecule has 0 aliphatic rings. The van der Waals surface area contributed by atoms with Gasteiger partial charge in [-0.2, -0.15) is 4.39 Å². The Morgan fingerprint density at radius 3 is 2.22 bits per heavy atom. The Morgan fingerprint density at radius 1 is 1.11 bits per heavy atom. The standard InChI is InChI=1S/C12H12FNO2S2/c1-8-4-3-5-9(2)12(8)14-18(15,16)11-7-6-10(13)17-11/h3-7,14H,1-2H3. The highest BCUT2D eigenvalue weighted by atomic mass is 32.2. The van der Waals surface area contributed by atoms with Crippen molar-refractivity contribution in [2.24, 2.45) is 0 Å². The predicted molar refractivity (Wildman–Crippen MR) is 71.0 cm³/mol. The summed E-state index contributed by atoms with van der Waals surface area (Å²) in [7, 11) is -3.71. The van der Waals surface area contributed by atoms with Gasteiger partial charge in [-0.3, -0.25) is 4.72 Å². The van der Waals surface area contributed by atoms with Gasteiger partial charge in [-0.1, -0.05) is 29.5 Å². The summed E-state index contributed by atoms with van der Waals surface area (Å²) in [6, 6.07) is 7.90. The molecule has 1 aromatic carbocycles. The van der Waals surface area contributed by atoms with E-state index in [0.717, 1.165) is 17.2 Å². The van der Waals surface area contributed by atoms with Crippen molar-refractivity contribution in [1.82, 2.24) is 0 Å². The van der Waals surface area contributed by atoms with Gasteiger partial charge < -0.3 is 0 Å². The molecule has 0 amide bonds. The van der Waals surface area contributed by atoms with E-state index in [1.54, 1.807) is 0 Å². The van der Waals surface area contributed by atoms with Gasteiger partial charge in [0.15, 0.2) is 5.13 Å². The van der Waals surface area contributed by atoms with Gasteiger partial charge in [0.1, 0.15) is 4.21 Å². The number of rotatable bonds is 3. The first-order valence-electron chi connectivity index (χ1n) is 5.24. The fraction of sp³-hybridized carbons (Fsp3) is 0.167. The molecule has 0 saturated carbocycles. The second kappa shape index (κ2) is 4.70. The number of sulfonamides is 1. The van der Waals surface area contributed by atoms with E-state index in [1.807, 2.05) is 32.0 Å². The van der Waals surface area contributed by atoms with Crippen LogP contribution in [-0.4, -0.2) is 8.42 Å². The van der Waals surface area contributed by atoms with Crippen LogP contribution in [-0.2, 0) is 10.0 Å². The minimum atomic E-state index is -3.71. The van der Waals surface area contributed by atoms with Crippen molar-refractivity contribution < 1.29 is 12.8 Å². The Hall–Kier alpha value is -1.40. The van der Waals surface area contributed by atoms with Crippen molar-refractivity contribution in [3.8, 4) is 0 Å². The number of anilines is 1. The van der Waals surface area contributed by atoms with E-state index in [1.165, 1.54) is 6.07 Å². The lowest BCUT2D eigenvalue weighted by atomic mass is 10.1. The monoisotopic (exact) mass is 285 g/mol. The number of benzene rings is 1. The lowest BCUT2D eigenvalue weighted by molar-refractivity contribution is 0.603. The van der Waals surface area contributed by atoms with Crippen LogP contribution in [0.25, 0.3) is 0 Å². The van der Waals surface area contributed by atoms with Gasteiger partial charge >= 0.3 is 0 Å². The fourth-order valence-electron chi connectivity index (χ4n) is 1.60. The lowest BCUT2D eigenvalue weighted by Gasteiger charge is -2.11. The second-order valence-corrected chi connectivity index (χ2v) is 6.87. The van der Waals surface area contributed by atoms with Gasteiger partial charge in [-0.05, 0) is 37.1 Å². The quantitative estimate of drug-likeness (QED) is 0.940. The summed E-state index contributed by atoms with van der Waals surface area (Å²) in [6.45, 7) is 3.64. The zero-order valence-corrected chi connectivity index (χ0v) is 11.5. The van der Waals surface area contributed by atoms with Crippen molar-refractivity contribution >= 4 is 27.0 Å². The smallest absolute Gasteiger partial charge is 0.271 e. The normalized spacial score (nSPS) is 11.5. The molecule has 0 aliphatic carbocycles. The molecule has 0 bridgehead atoms. The Labute approximate surface area is 109 Å². The van der Waals surface area contributed by atoms with Gasteiger partial charge in [0, 0.05) is 0 Å². The Balaban J connectivity index is 2.40. The van der Waals surface area contributed by atoms with Crippen LogP contribution in [0.1, 0.15) is 11.1 Å². The van der Waals surface area contributed by atoms with Crippen LogP contribution in [0.3, 0.4) is 0 Å². The largest absolute Gasteiger partial charge is 0.278 e. The predicted octanol–water partition coefficient (Wildman–Crippen LogP) is 3.30. The average Bonchev–Trinajstić information content (AvgIpc) is 2.71. The van der Waals surface area contributed by atoms with E-state index in [9.17, 15) is 12.8 Å². The van der Waals surface area contributed by atoms with E-state index in [4.69, 9.17) is 0 Å². The Morgan fingerprint density at radius 2 is 1.72 bits per heavy atom. The topological polar surface area (TPSA) is 46.2 Å². The first kappa shape index (κ1) is 13.0. The summed E-state index contributed by atoms with van der Waals surface area (Å²) < 4.78 is 39.5. The van der Waals surface area contributed by atoms with Crippen molar-refractivity contribution in [2.45, 2.75) is 18.1 Å². The molecule has 0 spiro atoms.